The van der Waals surface area contributed by atoms with Crippen LogP contribution in [-0.4, -0.2) is 60.4 Å². The zero-order valence-corrected chi connectivity index (χ0v) is 12.1. The number of rotatable bonds is 5. The minimum atomic E-state index is 0.623. The molecular weight excluding hydrogens is 240 g/mol. The Morgan fingerprint density at radius 3 is 3.05 bits per heavy atom. The van der Waals surface area contributed by atoms with E-state index in [9.17, 15) is 0 Å². The van der Waals surface area contributed by atoms with E-state index in [-0.39, 0.29) is 0 Å². The molecule has 0 aliphatic carbocycles. The highest BCUT2D eigenvalue weighted by Crippen LogP contribution is 2.20. The van der Waals surface area contributed by atoms with Crippen LogP contribution in [0.25, 0.3) is 0 Å². The van der Waals surface area contributed by atoms with E-state index in [4.69, 9.17) is 0 Å². The van der Waals surface area contributed by atoms with Gasteiger partial charge in [-0.15, -0.1) is 5.10 Å². The van der Waals surface area contributed by atoms with Crippen molar-refractivity contribution in [3.05, 3.63) is 6.20 Å². The second-order valence-electron chi connectivity index (χ2n) is 5.56. The highest BCUT2D eigenvalue weighted by molar-refractivity contribution is 5.40. The summed E-state index contributed by atoms with van der Waals surface area (Å²) in [7, 11) is 4.10. The summed E-state index contributed by atoms with van der Waals surface area (Å²) < 4.78 is 0. The SMILES string of the molecule is CC1CCCN(c2cnnc(NCCN(C)C)n2)C1. The molecule has 106 valence electrons. The lowest BCUT2D eigenvalue weighted by Crippen LogP contribution is -2.35. The van der Waals surface area contributed by atoms with Gasteiger partial charge in [0.2, 0.25) is 5.95 Å². The van der Waals surface area contributed by atoms with Crippen LogP contribution in [0.4, 0.5) is 11.8 Å². The number of anilines is 2. The highest BCUT2D eigenvalue weighted by Gasteiger charge is 2.18. The van der Waals surface area contributed by atoms with Crippen molar-refractivity contribution in [1.29, 1.82) is 0 Å². The molecule has 1 aliphatic rings. The van der Waals surface area contributed by atoms with E-state index in [2.05, 4.69) is 37.2 Å². The molecule has 1 aromatic rings. The molecule has 6 heteroatoms. The third-order valence-corrected chi connectivity index (χ3v) is 3.37. The van der Waals surface area contributed by atoms with Gasteiger partial charge in [-0.05, 0) is 32.9 Å². The summed E-state index contributed by atoms with van der Waals surface area (Å²) in [4.78, 5) is 8.98. The summed E-state index contributed by atoms with van der Waals surface area (Å²) in [6.45, 7) is 6.20. The number of nitrogens with one attached hydrogen (secondary N) is 1. The van der Waals surface area contributed by atoms with Crippen molar-refractivity contribution in [1.82, 2.24) is 20.1 Å². The summed E-state index contributed by atoms with van der Waals surface area (Å²) >= 11 is 0. The Hall–Kier alpha value is -1.43. The van der Waals surface area contributed by atoms with Crippen molar-refractivity contribution in [2.75, 3.05) is 50.5 Å². The Balaban J connectivity index is 1.94. The van der Waals surface area contributed by atoms with Gasteiger partial charge in [-0.25, -0.2) is 0 Å². The zero-order chi connectivity index (χ0) is 13.7. The number of likely N-dealkylation sites (N-methyl/N-ethyl adjacent to an activating group) is 1. The average molecular weight is 264 g/mol. The predicted molar refractivity (Wildman–Crippen MR) is 77.5 cm³/mol. The Morgan fingerprint density at radius 1 is 1.47 bits per heavy atom. The predicted octanol–water partition coefficient (Wildman–Crippen LogP) is 1.08. The van der Waals surface area contributed by atoms with Crippen LogP contribution in [0.1, 0.15) is 19.8 Å². The molecule has 0 radical (unpaired) electrons. The first kappa shape index (κ1) is 14.0. The topological polar surface area (TPSA) is 57.2 Å². The molecule has 1 saturated heterocycles. The summed E-state index contributed by atoms with van der Waals surface area (Å²) in [5, 5.41) is 11.3. The monoisotopic (exact) mass is 264 g/mol. The van der Waals surface area contributed by atoms with Crippen molar-refractivity contribution in [3.8, 4) is 0 Å². The fraction of sp³-hybridized carbons (Fsp3) is 0.769. The van der Waals surface area contributed by atoms with Gasteiger partial charge in [0.05, 0.1) is 6.20 Å². The molecule has 19 heavy (non-hydrogen) atoms. The molecule has 0 aromatic carbocycles. The molecule has 0 spiro atoms. The quantitative estimate of drug-likeness (QED) is 0.859. The molecule has 1 fully saturated rings. The normalized spacial score (nSPS) is 19.8. The van der Waals surface area contributed by atoms with Gasteiger partial charge in [0.25, 0.3) is 0 Å². The van der Waals surface area contributed by atoms with E-state index in [1.54, 1.807) is 6.20 Å². The first-order valence-corrected chi connectivity index (χ1v) is 6.98. The van der Waals surface area contributed by atoms with Gasteiger partial charge in [0.15, 0.2) is 5.82 Å². The average Bonchev–Trinajstić information content (AvgIpc) is 2.39. The minimum Gasteiger partial charge on any atom is -0.355 e. The first-order valence-electron chi connectivity index (χ1n) is 6.98. The van der Waals surface area contributed by atoms with Crippen LogP contribution in [-0.2, 0) is 0 Å². The summed E-state index contributed by atoms with van der Waals surface area (Å²) in [5.41, 5.74) is 0. The maximum atomic E-state index is 4.55. The van der Waals surface area contributed by atoms with Gasteiger partial charge >= 0.3 is 0 Å². The van der Waals surface area contributed by atoms with Crippen LogP contribution < -0.4 is 10.2 Å². The summed E-state index contributed by atoms with van der Waals surface area (Å²) in [6, 6.07) is 0. The third kappa shape index (κ3) is 4.31. The summed E-state index contributed by atoms with van der Waals surface area (Å²) in [6.07, 6.45) is 4.30. The van der Waals surface area contributed by atoms with Gasteiger partial charge in [0.1, 0.15) is 0 Å². The third-order valence-electron chi connectivity index (χ3n) is 3.37. The molecule has 1 unspecified atom stereocenters. The van der Waals surface area contributed by atoms with Crippen molar-refractivity contribution in [3.63, 3.8) is 0 Å². The molecule has 1 aromatic heterocycles. The van der Waals surface area contributed by atoms with Gasteiger partial charge in [-0.1, -0.05) is 6.92 Å². The second kappa shape index (κ2) is 6.65. The Labute approximate surface area is 115 Å². The van der Waals surface area contributed by atoms with Gasteiger partial charge in [-0.3, -0.25) is 0 Å². The largest absolute Gasteiger partial charge is 0.355 e. The number of piperidine rings is 1. The van der Waals surface area contributed by atoms with Crippen LogP contribution in [0.15, 0.2) is 6.20 Å². The van der Waals surface area contributed by atoms with Crippen molar-refractivity contribution in [2.45, 2.75) is 19.8 Å². The van der Waals surface area contributed by atoms with E-state index in [0.717, 1.165) is 37.9 Å². The molecule has 1 N–H and O–H groups in total. The van der Waals surface area contributed by atoms with E-state index in [1.807, 2.05) is 14.1 Å². The highest BCUT2D eigenvalue weighted by atomic mass is 15.3. The number of nitrogens with zero attached hydrogens (tertiary/aromatic N) is 5. The maximum absolute atomic E-state index is 4.55. The molecule has 1 aliphatic heterocycles. The van der Waals surface area contributed by atoms with E-state index < -0.39 is 0 Å². The van der Waals surface area contributed by atoms with Crippen molar-refractivity contribution in [2.24, 2.45) is 5.92 Å². The summed E-state index contributed by atoms with van der Waals surface area (Å²) in [5.74, 6) is 2.29. The Kier molecular flexibility index (Phi) is 4.90. The molecule has 2 rings (SSSR count). The number of aromatic nitrogens is 3. The standard InChI is InChI=1S/C13H24N6/c1-11-5-4-7-19(10-11)12-9-15-17-13(16-12)14-6-8-18(2)3/h9,11H,4-8,10H2,1-3H3,(H,14,16,17). The van der Waals surface area contributed by atoms with Gasteiger partial charge in [-0.2, -0.15) is 10.1 Å². The molecule has 1 atom stereocenters. The van der Waals surface area contributed by atoms with E-state index in [1.165, 1.54) is 12.8 Å². The number of hydrogen-bond acceptors (Lipinski definition) is 6. The minimum absolute atomic E-state index is 0.623. The van der Waals surface area contributed by atoms with Crippen molar-refractivity contribution >= 4 is 11.8 Å². The fourth-order valence-corrected chi connectivity index (χ4v) is 2.31. The van der Waals surface area contributed by atoms with Crippen LogP contribution in [0.2, 0.25) is 0 Å². The Bertz CT molecular complexity index is 394. The fourth-order valence-electron chi connectivity index (χ4n) is 2.31. The second-order valence-corrected chi connectivity index (χ2v) is 5.56. The van der Waals surface area contributed by atoms with E-state index in [0.29, 0.717) is 5.95 Å². The molecule has 0 amide bonds. The zero-order valence-electron chi connectivity index (χ0n) is 12.1. The van der Waals surface area contributed by atoms with Crippen molar-refractivity contribution < 1.29 is 0 Å². The molecular formula is C13H24N6. The lowest BCUT2D eigenvalue weighted by atomic mass is 10.0. The Morgan fingerprint density at radius 2 is 2.32 bits per heavy atom. The lowest BCUT2D eigenvalue weighted by Gasteiger charge is -2.31. The molecule has 0 bridgehead atoms. The van der Waals surface area contributed by atoms with Gasteiger partial charge in [0, 0.05) is 26.2 Å². The first-order chi connectivity index (χ1) is 9.15. The number of hydrogen-bond donors (Lipinski definition) is 1. The lowest BCUT2D eigenvalue weighted by molar-refractivity contribution is 0.424. The van der Waals surface area contributed by atoms with Crippen LogP contribution in [0.5, 0.6) is 0 Å². The molecule has 2 heterocycles. The van der Waals surface area contributed by atoms with Gasteiger partial charge < -0.3 is 15.1 Å². The molecule has 0 saturated carbocycles. The van der Waals surface area contributed by atoms with E-state index >= 15 is 0 Å². The maximum Gasteiger partial charge on any atom is 0.244 e. The van der Waals surface area contributed by atoms with Crippen LogP contribution in [0.3, 0.4) is 0 Å². The van der Waals surface area contributed by atoms with Crippen LogP contribution in [0, 0.1) is 5.92 Å². The smallest absolute Gasteiger partial charge is 0.244 e. The molecule has 6 nitrogen and oxygen atoms in total. The van der Waals surface area contributed by atoms with Crippen LogP contribution >= 0.6 is 0 Å².